The summed E-state index contributed by atoms with van der Waals surface area (Å²) in [5.74, 6) is 1.65. The lowest BCUT2D eigenvalue weighted by Crippen LogP contribution is -2.11. The Bertz CT molecular complexity index is 2620. The Morgan fingerprint density at radius 1 is 0.264 bits per heavy atom. The van der Waals surface area contributed by atoms with Crippen molar-refractivity contribution in [2.75, 3.05) is 26.4 Å². The summed E-state index contributed by atoms with van der Waals surface area (Å²) in [6.07, 6.45) is 4.63. The fourth-order valence-electron chi connectivity index (χ4n) is 9.68. The van der Waals surface area contributed by atoms with Crippen LogP contribution in [0.3, 0.4) is 0 Å². The number of hydrogen-bond donors (Lipinski definition) is 0. The first-order valence-electron chi connectivity index (χ1n) is 25.3. The first-order chi connectivity index (χ1) is 35.1. The second-order valence-corrected chi connectivity index (χ2v) is 18.6. The van der Waals surface area contributed by atoms with Crippen LogP contribution in [0.1, 0.15) is 97.9 Å². The third kappa shape index (κ3) is 11.4. The molecule has 0 fully saturated rings. The average molecular weight is 969 g/mol. The smallest absolute Gasteiger partial charge is 0.126 e. The minimum Gasteiger partial charge on any atom is -0.493 e. The lowest BCUT2D eigenvalue weighted by molar-refractivity contribution is 0.304. The molecule has 0 saturated carbocycles. The summed E-state index contributed by atoms with van der Waals surface area (Å²) >= 11 is 0. The van der Waals surface area contributed by atoms with Gasteiger partial charge < -0.3 is 18.9 Å². The molecular formula is C64H60F4O4. The minimum absolute atomic E-state index is 0.327. The molecule has 0 spiro atoms. The van der Waals surface area contributed by atoms with Gasteiger partial charge in [0, 0.05) is 25.7 Å². The quantitative estimate of drug-likeness (QED) is 0.0904. The van der Waals surface area contributed by atoms with Gasteiger partial charge in [-0.05, 0) is 212 Å². The van der Waals surface area contributed by atoms with Crippen LogP contribution in [-0.2, 0) is 25.7 Å². The van der Waals surface area contributed by atoms with Gasteiger partial charge in [0.1, 0.15) is 46.3 Å². The predicted octanol–water partition coefficient (Wildman–Crippen LogP) is 16.7. The maximum atomic E-state index is 14.6. The van der Waals surface area contributed by atoms with Crippen LogP contribution >= 0.6 is 0 Å². The van der Waals surface area contributed by atoms with E-state index < -0.39 is 0 Å². The molecule has 72 heavy (non-hydrogen) atoms. The molecule has 8 bridgehead atoms. The molecule has 0 aromatic heterocycles. The molecule has 0 radical (unpaired) electrons. The fourth-order valence-corrected chi connectivity index (χ4v) is 9.68. The third-order valence-corrected chi connectivity index (χ3v) is 13.0. The molecule has 1 aliphatic rings. The van der Waals surface area contributed by atoms with Crippen molar-refractivity contribution < 1.29 is 36.5 Å². The van der Waals surface area contributed by atoms with Crippen molar-refractivity contribution in [3.05, 3.63) is 213 Å². The molecule has 0 saturated heterocycles. The van der Waals surface area contributed by atoms with Crippen LogP contribution in [0.4, 0.5) is 17.6 Å². The largest absolute Gasteiger partial charge is 0.493 e. The molecule has 4 nitrogen and oxygen atoms in total. The summed E-state index contributed by atoms with van der Waals surface area (Å²) in [7, 11) is 0. The Kier molecular flexibility index (Phi) is 15.7. The molecule has 1 aliphatic carbocycles. The van der Waals surface area contributed by atoms with Crippen molar-refractivity contribution in [3.63, 3.8) is 0 Å². The number of hydrogen-bond acceptors (Lipinski definition) is 4. The van der Waals surface area contributed by atoms with Crippen molar-refractivity contribution in [1.29, 1.82) is 0 Å². The Hall–Kier alpha value is -7.32. The molecule has 0 amide bonds. The topological polar surface area (TPSA) is 36.9 Å². The van der Waals surface area contributed by atoms with E-state index in [1.54, 1.807) is 48.5 Å². The Morgan fingerprint density at radius 2 is 0.431 bits per heavy atom. The number of benzene rings is 8. The summed E-state index contributed by atoms with van der Waals surface area (Å²) in [6, 6.07) is 43.4. The van der Waals surface area contributed by atoms with E-state index in [2.05, 4.69) is 76.2 Å². The predicted molar refractivity (Wildman–Crippen MR) is 282 cm³/mol. The van der Waals surface area contributed by atoms with Crippen LogP contribution in [0.2, 0.25) is 0 Å². The first kappa shape index (κ1) is 49.7. The van der Waals surface area contributed by atoms with Gasteiger partial charge >= 0.3 is 0 Å². The van der Waals surface area contributed by atoms with Gasteiger partial charge in [-0.15, -0.1) is 0 Å². The lowest BCUT2D eigenvalue weighted by atomic mass is 9.86. The van der Waals surface area contributed by atoms with Crippen LogP contribution in [0.25, 0.3) is 44.5 Å². The minimum atomic E-state index is -0.327. The standard InChI is InChI=1S/C64H60F4O4/c1-5-25-69-61-49-29-45(41-9-17-57(65)18-10-41)30-50(61)38-52-32-47(43-13-21-59(67)22-14-43)34-54(63(52)71-27-7-3)40-56-36-48(44-15-23-60(68)24-16-44)35-55(64(56)72-28-8-4)39-53-33-46(42-11-19-58(66)20-12-42)31-51(37-49)62(53)70-26-6-2/h9-24,29-36H,5-8,25-28,37-40H2,1-4H3. The summed E-state index contributed by atoms with van der Waals surface area (Å²) in [5, 5.41) is 0. The van der Waals surface area contributed by atoms with Gasteiger partial charge in [0.05, 0.1) is 26.4 Å². The Balaban J connectivity index is 1.41. The van der Waals surface area contributed by atoms with E-state index in [0.29, 0.717) is 52.1 Å². The normalized spacial score (nSPS) is 12.1. The zero-order valence-corrected chi connectivity index (χ0v) is 41.5. The highest BCUT2D eigenvalue weighted by Crippen LogP contribution is 2.44. The maximum Gasteiger partial charge on any atom is 0.126 e. The second-order valence-electron chi connectivity index (χ2n) is 18.6. The van der Waals surface area contributed by atoms with Crippen molar-refractivity contribution in [2.24, 2.45) is 0 Å². The first-order valence-corrected chi connectivity index (χ1v) is 25.3. The molecule has 0 aliphatic heterocycles. The number of rotatable bonds is 16. The van der Waals surface area contributed by atoms with Crippen LogP contribution in [0, 0.1) is 23.3 Å². The summed E-state index contributed by atoms with van der Waals surface area (Å²) in [6.45, 7) is 10.2. The molecule has 0 unspecified atom stereocenters. The zero-order chi connectivity index (χ0) is 50.1. The van der Waals surface area contributed by atoms with Gasteiger partial charge in [-0.25, -0.2) is 17.6 Å². The number of fused-ring (bicyclic) bond motifs is 8. The Labute approximate surface area is 421 Å². The summed E-state index contributed by atoms with van der Waals surface area (Å²) in [5.41, 5.74) is 14.2. The van der Waals surface area contributed by atoms with Gasteiger partial charge in [0.25, 0.3) is 0 Å². The van der Waals surface area contributed by atoms with Gasteiger partial charge in [-0.2, -0.15) is 0 Å². The van der Waals surface area contributed by atoms with Gasteiger partial charge in [0.2, 0.25) is 0 Å². The summed E-state index contributed by atoms with van der Waals surface area (Å²) in [4.78, 5) is 0. The molecule has 9 rings (SSSR count). The number of ether oxygens (including phenoxy) is 4. The van der Waals surface area contributed by atoms with E-state index in [4.69, 9.17) is 18.9 Å². The van der Waals surface area contributed by atoms with E-state index in [9.17, 15) is 17.6 Å². The van der Waals surface area contributed by atoms with E-state index in [1.807, 2.05) is 0 Å². The van der Waals surface area contributed by atoms with Gasteiger partial charge in [0.15, 0.2) is 0 Å². The molecule has 0 heterocycles. The maximum absolute atomic E-state index is 14.6. The van der Waals surface area contributed by atoms with Gasteiger partial charge in [-0.3, -0.25) is 0 Å². The van der Waals surface area contributed by atoms with E-state index in [0.717, 1.165) is 138 Å². The van der Waals surface area contributed by atoms with Crippen LogP contribution in [0.15, 0.2) is 146 Å². The summed E-state index contributed by atoms with van der Waals surface area (Å²) < 4.78 is 85.9. The van der Waals surface area contributed by atoms with Crippen LogP contribution < -0.4 is 18.9 Å². The van der Waals surface area contributed by atoms with E-state index in [1.165, 1.54) is 48.5 Å². The molecule has 0 N–H and O–H groups in total. The fraction of sp³-hybridized carbons (Fsp3) is 0.250. The van der Waals surface area contributed by atoms with Crippen molar-refractivity contribution >= 4 is 0 Å². The average Bonchev–Trinajstić information content (AvgIpc) is 3.38. The molecule has 368 valence electrons. The molecule has 8 aromatic rings. The highest BCUT2D eigenvalue weighted by molar-refractivity contribution is 5.75. The highest BCUT2D eigenvalue weighted by atomic mass is 19.1. The second kappa shape index (κ2) is 22.8. The highest BCUT2D eigenvalue weighted by Gasteiger charge is 2.26. The van der Waals surface area contributed by atoms with E-state index >= 15 is 0 Å². The monoisotopic (exact) mass is 968 g/mol. The Morgan fingerprint density at radius 3 is 0.583 bits per heavy atom. The lowest BCUT2D eigenvalue weighted by Gasteiger charge is -2.25. The molecule has 0 atom stereocenters. The van der Waals surface area contributed by atoms with Crippen molar-refractivity contribution in [1.82, 2.24) is 0 Å². The SMILES string of the molecule is CCCOc1c2cc(-c3ccc(F)cc3)cc1Cc1cc(-c3ccc(F)cc3)cc(c1OCCC)Cc1cc(-c3ccc(F)cc3)cc(c1OCCC)Cc1cc(-c3ccc(F)cc3)cc(c1OCCC)C2. The number of halogens is 4. The molecule has 8 heteroatoms. The van der Waals surface area contributed by atoms with Crippen molar-refractivity contribution in [3.8, 4) is 67.5 Å². The zero-order valence-electron chi connectivity index (χ0n) is 41.5. The van der Waals surface area contributed by atoms with E-state index in [-0.39, 0.29) is 23.3 Å². The molecule has 8 aromatic carbocycles. The van der Waals surface area contributed by atoms with Gasteiger partial charge in [-0.1, -0.05) is 76.2 Å². The third-order valence-electron chi connectivity index (χ3n) is 13.0. The van der Waals surface area contributed by atoms with Crippen molar-refractivity contribution in [2.45, 2.75) is 79.1 Å². The van der Waals surface area contributed by atoms with Crippen LogP contribution in [0.5, 0.6) is 23.0 Å². The van der Waals surface area contributed by atoms with Crippen LogP contribution in [-0.4, -0.2) is 26.4 Å². The molecular weight excluding hydrogens is 909 g/mol.